The van der Waals surface area contributed by atoms with Crippen LogP contribution in [0.25, 0.3) is 10.9 Å². The van der Waals surface area contributed by atoms with E-state index >= 15 is 0 Å². The normalized spacial score (nSPS) is 16.9. The van der Waals surface area contributed by atoms with Crippen molar-refractivity contribution in [3.05, 3.63) is 35.5 Å². The van der Waals surface area contributed by atoms with Crippen molar-refractivity contribution >= 4 is 10.9 Å². The Morgan fingerprint density at radius 1 is 1.20 bits per heavy atom. The SMILES string of the molecule is Cc1[nH]c2ccccc2c1CCNCC1CCNCC1. The first-order chi connectivity index (χ1) is 9.84. The second-order valence-corrected chi connectivity index (χ2v) is 5.92. The third kappa shape index (κ3) is 3.05. The van der Waals surface area contributed by atoms with Crippen LogP contribution in [0.15, 0.2) is 24.3 Å². The summed E-state index contributed by atoms with van der Waals surface area (Å²) in [6.45, 7) is 6.81. The average molecular weight is 271 g/mol. The first-order valence-electron chi connectivity index (χ1n) is 7.82. The van der Waals surface area contributed by atoms with Gasteiger partial charge in [0.25, 0.3) is 0 Å². The first kappa shape index (κ1) is 13.7. The molecule has 0 atom stereocenters. The van der Waals surface area contributed by atoms with Crippen LogP contribution >= 0.6 is 0 Å². The highest BCUT2D eigenvalue weighted by Gasteiger charge is 2.12. The molecule has 0 radical (unpaired) electrons. The van der Waals surface area contributed by atoms with E-state index < -0.39 is 0 Å². The van der Waals surface area contributed by atoms with Gasteiger partial charge in [0.05, 0.1) is 0 Å². The van der Waals surface area contributed by atoms with E-state index in [9.17, 15) is 0 Å². The highest BCUT2D eigenvalue weighted by molar-refractivity contribution is 5.84. The molecule has 2 heterocycles. The number of fused-ring (bicyclic) bond motifs is 1. The van der Waals surface area contributed by atoms with E-state index in [0.717, 1.165) is 18.9 Å². The monoisotopic (exact) mass is 271 g/mol. The molecule has 1 fully saturated rings. The van der Waals surface area contributed by atoms with Crippen molar-refractivity contribution in [3.8, 4) is 0 Å². The molecule has 1 saturated heterocycles. The molecule has 0 amide bonds. The zero-order valence-corrected chi connectivity index (χ0v) is 12.3. The fourth-order valence-electron chi connectivity index (χ4n) is 3.26. The molecule has 1 aliphatic heterocycles. The predicted molar refractivity (Wildman–Crippen MR) is 85.2 cm³/mol. The van der Waals surface area contributed by atoms with Crippen molar-refractivity contribution in [2.75, 3.05) is 26.2 Å². The molecule has 0 aliphatic carbocycles. The Kier molecular flexibility index (Phi) is 4.38. The summed E-state index contributed by atoms with van der Waals surface area (Å²) in [7, 11) is 0. The van der Waals surface area contributed by atoms with Gasteiger partial charge in [-0.15, -0.1) is 0 Å². The van der Waals surface area contributed by atoms with Crippen molar-refractivity contribution in [2.24, 2.45) is 5.92 Å². The standard InChI is InChI=1S/C17H25N3/c1-13-15(16-4-2-3-5-17(16)20-13)8-11-19-12-14-6-9-18-10-7-14/h2-5,14,18-20H,6-12H2,1H3. The Balaban J connectivity index is 1.53. The Hall–Kier alpha value is -1.32. The summed E-state index contributed by atoms with van der Waals surface area (Å²) in [5, 5.41) is 8.45. The molecule has 3 N–H and O–H groups in total. The van der Waals surface area contributed by atoms with Gasteiger partial charge in [-0.3, -0.25) is 0 Å². The summed E-state index contributed by atoms with van der Waals surface area (Å²) in [5.74, 6) is 0.861. The third-order valence-electron chi connectivity index (χ3n) is 4.47. The summed E-state index contributed by atoms with van der Waals surface area (Å²) < 4.78 is 0. The zero-order chi connectivity index (χ0) is 13.8. The van der Waals surface area contributed by atoms with Gasteiger partial charge in [0, 0.05) is 16.6 Å². The van der Waals surface area contributed by atoms with Gasteiger partial charge in [0.15, 0.2) is 0 Å². The molecule has 20 heavy (non-hydrogen) atoms. The number of hydrogen-bond donors (Lipinski definition) is 3. The molecule has 0 unspecified atom stereocenters. The van der Waals surface area contributed by atoms with E-state index in [4.69, 9.17) is 0 Å². The number of aromatic nitrogens is 1. The van der Waals surface area contributed by atoms with Crippen LogP contribution in [-0.2, 0) is 6.42 Å². The van der Waals surface area contributed by atoms with Crippen molar-refractivity contribution in [1.82, 2.24) is 15.6 Å². The van der Waals surface area contributed by atoms with E-state index in [0.29, 0.717) is 0 Å². The summed E-state index contributed by atoms with van der Waals surface area (Å²) >= 11 is 0. The van der Waals surface area contributed by atoms with Crippen molar-refractivity contribution in [3.63, 3.8) is 0 Å². The van der Waals surface area contributed by atoms with Crippen LogP contribution in [0.3, 0.4) is 0 Å². The van der Waals surface area contributed by atoms with Crippen molar-refractivity contribution < 1.29 is 0 Å². The third-order valence-corrected chi connectivity index (χ3v) is 4.47. The van der Waals surface area contributed by atoms with Gasteiger partial charge in [-0.1, -0.05) is 18.2 Å². The number of nitrogens with one attached hydrogen (secondary N) is 3. The van der Waals surface area contributed by atoms with Gasteiger partial charge in [-0.05, 0) is 69.9 Å². The lowest BCUT2D eigenvalue weighted by Gasteiger charge is -2.22. The molecule has 0 bridgehead atoms. The summed E-state index contributed by atoms with van der Waals surface area (Å²) in [5.41, 5.74) is 4.05. The second-order valence-electron chi connectivity index (χ2n) is 5.92. The minimum atomic E-state index is 0.861. The van der Waals surface area contributed by atoms with Crippen LogP contribution in [0, 0.1) is 12.8 Å². The van der Waals surface area contributed by atoms with Crippen LogP contribution < -0.4 is 10.6 Å². The van der Waals surface area contributed by atoms with Gasteiger partial charge in [-0.25, -0.2) is 0 Å². The Morgan fingerprint density at radius 2 is 2.00 bits per heavy atom. The minimum Gasteiger partial charge on any atom is -0.358 e. The number of para-hydroxylation sites is 1. The second kappa shape index (κ2) is 6.42. The molecular weight excluding hydrogens is 246 g/mol. The minimum absolute atomic E-state index is 0.861. The maximum Gasteiger partial charge on any atom is 0.0458 e. The highest BCUT2D eigenvalue weighted by atomic mass is 14.9. The summed E-state index contributed by atoms with van der Waals surface area (Å²) in [6, 6.07) is 8.61. The van der Waals surface area contributed by atoms with Crippen LogP contribution in [0.4, 0.5) is 0 Å². The maximum atomic E-state index is 3.64. The van der Waals surface area contributed by atoms with E-state index in [1.165, 1.54) is 54.6 Å². The fourth-order valence-corrected chi connectivity index (χ4v) is 3.26. The van der Waals surface area contributed by atoms with Gasteiger partial charge < -0.3 is 15.6 Å². The number of H-pyrrole nitrogens is 1. The smallest absolute Gasteiger partial charge is 0.0458 e. The van der Waals surface area contributed by atoms with E-state index in [1.54, 1.807) is 0 Å². The molecule has 1 aromatic heterocycles. The fraction of sp³-hybridized carbons (Fsp3) is 0.529. The van der Waals surface area contributed by atoms with Crippen LogP contribution in [0.1, 0.15) is 24.1 Å². The molecular formula is C17H25N3. The highest BCUT2D eigenvalue weighted by Crippen LogP contribution is 2.22. The van der Waals surface area contributed by atoms with Crippen LogP contribution in [0.5, 0.6) is 0 Å². The molecule has 3 rings (SSSR count). The average Bonchev–Trinajstić information content (AvgIpc) is 2.80. The topological polar surface area (TPSA) is 39.9 Å². The lowest BCUT2D eigenvalue weighted by Crippen LogP contribution is -2.34. The van der Waals surface area contributed by atoms with Crippen molar-refractivity contribution in [1.29, 1.82) is 0 Å². The van der Waals surface area contributed by atoms with Gasteiger partial charge in [-0.2, -0.15) is 0 Å². The van der Waals surface area contributed by atoms with E-state index in [1.807, 2.05) is 0 Å². The first-order valence-corrected chi connectivity index (χ1v) is 7.82. The molecule has 0 spiro atoms. The lowest BCUT2D eigenvalue weighted by molar-refractivity contribution is 0.358. The number of benzene rings is 1. The van der Waals surface area contributed by atoms with Gasteiger partial charge >= 0.3 is 0 Å². The number of aromatic amines is 1. The summed E-state index contributed by atoms with van der Waals surface area (Å²) in [4.78, 5) is 3.48. The van der Waals surface area contributed by atoms with Crippen molar-refractivity contribution in [2.45, 2.75) is 26.2 Å². The number of piperidine rings is 1. The largest absolute Gasteiger partial charge is 0.358 e. The van der Waals surface area contributed by atoms with Crippen LogP contribution in [0.2, 0.25) is 0 Å². The van der Waals surface area contributed by atoms with E-state index in [2.05, 4.69) is 46.8 Å². The number of rotatable bonds is 5. The Morgan fingerprint density at radius 3 is 2.85 bits per heavy atom. The maximum absolute atomic E-state index is 3.64. The predicted octanol–water partition coefficient (Wildman–Crippen LogP) is 2.61. The van der Waals surface area contributed by atoms with Gasteiger partial charge in [0.2, 0.25) is 0 Å². The van der Waals surface area contributed by atoms with E-state index in [-0.39, 0.29) is 0 Å². The molecule has 2 aromatic rings. The van der Waals surface area contributed by atoms with Crippen LogP contribution in [-0.4, -0.2) is 31.2 Å². The Labute approximate surface area is 121 Å². The number of hydrogen-bond acceptors (Lipinski definition) is 2. The molecule has 0 saturated carbocycles. The molecule has 1 aromatic carbocycles. The molecule has 1 aliphatic rings. The zero-order valence-electron chi connectivity index (χ0n) is 12.3. The molecule has 3 nitrogen and oxygen atoms in total. The quantitative estimate of drug-likeness (QED) is 0.732. The lowest BCUT2D eigenvalue weighted by atomic mass is 9.98. The molecule has 108 valence electrons. The summed E-state index contributed by atoms with van der Waals surface area (Å²) in [6.07, 6.45) is 3.75. The van der Waals surface area contributed by atoms with Gasteiger partial charge in [0.1, 0.15) is 0 Å². The Bertz CT molecular complexity index is 552. The molecule has 3 heteroatoms. The number of aryl methyl sites for hydroxylation is 1.